The van der Waals surface area contributed by atoms with Gasteiger partial charge in [0.1, 0.15) is 11.9 Å². The van der Waals surface area contributed by atoms with Gasteiger partial charge in [-0.15, -0.1) is 0 Å². The van der Waals surface area contributed by atoms with Crippen molar-refractivity contribution in [2.75, 3.05) is 0 Å². The molecular weight excluding hydrogens is 312 g/mol. The van der Waals surface area contributed by atoms with Gasteiger partial charge < -0.3 is 4.74 Å². The first-order chi connectivity index (χ1) is 11.6. The lowest BCUT2D eigenvalue weighted by Gasteiger charge is -2.43. The molecule has 1 fully saturated rings. The Morgan fingerprint density at radius 3 is 2.44 bits per heavy atom. The quantitative estimate of drug-likeness (QED) is 0.578. The number of aryl methyl sites for hydroxylation is 2. The predicted molar refractivity (Wildman–Crippen MR) is 101 cm³/mol. The number of rotatable bonds is 4. The van der Waals surface area contributed by atoms with E-state index >= 15 is 0 Å². The molecule has 0 saturated heterocycles. The van der Waals surface area contributed by atoms with Crippen LogP contribution in [0, 0.1) is 31.1 Å². The van der Waals surface area contributed by atoms with Gasteiger partial charge in [0.25, 0.3) is 0 Å². The molecule has 0 spiro atoms. The van der Waals surface area contributed by atoms with Crippen molar-refractivity contribution in [3.05, 3.63) is 41.0 Å². The zero-order chi connectivity index (χ0) is 18.8. The molecule has 0 amide bonds. The minimum absolute atomic E-state index is 0.179. The summed E-state index contributed by atoms with van der Waals surface area (Å²) in [7, 11) is 0. The lowest BCUT2D eigenvalue weighted by atomic mass is 9.64. The van der Waals surface area contributed by atoms with Gasteiger partial charge in [-0.3, -0.25) is 4.79 Å². The molecule has 0 bridgehead atoms. The number of ether oxygens (including phenoxy) is 1. The maximum absolute atomic E-state index is 12.3. The molecule has 0 N–H and O–H groups in total. The molecule has 0 heterocycles. The van der Waals surface area contributed by atoms with Crippen molar-refractivity contribution in [2.45, 2.75) is 60.5 Å². The number of carbonyl (C=O) groups excluding carboxylic acids is 2. The van der Waals surface area contributed by atoms with Gasteiger partial charge in [0.2, 0.25) is 0 Å². The van der Waals surface area contributed by atoms with Crippen molar-refractivity contribution in [1.29, 1.82) is 0 Å². The van der Waals surface area contributed by atoms with E-state index < -0.39 is 5.41 Å². The molecule has 1 aromatic rings. The third kappa shape index (κ3) is 4.59. The minimum Gasteiger partial charge on any atom is -0.459 e. The average Bonchev–Trinajstić information content (AvgIpc) is 2.53. The lowest BCUT2D eigenvalue weighted by Crippen LogP contribution is -2.44. The molecule has 136 valence electrons. The van der Waals surface area contributed by atoms with Gasteiger partial charge in [0.05, 0.1) is 0 Å². The fraction of sp³-hybridized carbons (Fsp3) is 0.545. The number of ketones is 1. The molecule has 1 aliphatic carbocycles. The molecule has 3 heteroatoms. The van der Waals surface area contributed by atoms with Gasteiger partial charge in [-0.1, -0.05) is 39.0 Å². The normalized spacial score (nSPS) is 29.6. The van der Waals surface area contributed by atoms with E-state index in [1.165, 1.54) is 17.2 Å². The van der Waals surface area contributed by atoms with Gasteiger partial charge in [-0.2, -0.15) is 0 Å². The highest BCUT2D eigenvalue weighted by atomic mass is 16.5. The Balaban J connectivity index is 2.06. The summed E-state index contributed by atoms with van der Waals surface area (Å²) in [6.45, 7) is 12.0. The molecule has 1 saturated carbocycles. The van der Waals surface area contributed by atoms with E-state index in [4.69, 9.17) is 4.74 Å². The van der Waals surface area contributed by atoms with E-state index in [2.05, 4.69) is 33.8 Å². The van der Waals surface area contributed by atoms with E-state index in [0.717, 1.165) is 12.0 Å². The molecule has 3 nitrogen and oxygen atoms in total. The Bertz CT molecular complexity index is 689. The molecule has 4 unspecified atom stereocenters. The number of hydrogen-bond acceptors (Lipinski definition) is 3. The van der Waals surface area contributed by atoms with Crippen LogP contribution in [0.4, 0.5) is 0 Å². The van der Waals surface area contributed by atoms with Crippen LogP contribution in [0.1, 0.15) is 57.2 Å². The largest absolute Gasteiger partial charge is 0.459 e. The maximum Gasteiger partial charge on any atom is 0.331 e. The van der Waals surface area contributed by atoms with Crippen molar-refractivity contribution >= 4 is 17.8 Å². The number of Topliss-reactive ketones (excluding diaryl/α,β-unsaturated/α-hetero) is 1. The first-order valence-corrected chi connectivity index (χ1v) is 9.09. The Labute approximate surface area is 151 Å². The highest BCUT2D eigenvalue weighted by Gasteiger charge is 2.44. The summed E-state index contributed by atoms with van der Waals surface area (Å²) in [5.74, 6) is 0.448. The van der Waals surface area contributed by atoms with Crippen LogP contribution in [0.15, 0.2) is 24.3 Å². The van der Waals surface area contributed by atoms with Gasteiger partial charge >= 0.3 is 5.97 Å². The summed E-state index contributed by atoms with van der Waals surface area (Å²) in [4.78, 5) is 24.3. The zero-order valence-electron chi connectivity index (χ0n) is 16.3. The lowest BCUT2D eigenvalue weighted by molar-refractivity contribution is -0.155. The van der Waals surface area contributed by atoms with Crippen LogP contribution in [0.25, 0.3) is 6.08 Å². The number of carbonyl (C=O) groups is 2. The average molecular weight is 342 g/mol. The summed E-state index contributed by atoms with van der Waals surface area (Å²) in [6, 6.07) is 6.09. The summed E-state index contributed by atoms with van der Waals surface area (Å²) in [5.41, 5.74) is 3.02. The monoisotopic (exact) mass is 342 g/mol. The highest BCUT2D eigenvalue weighted by Crippen LogP contribution is 2.43. The summed E-state index contributed by atoms with van der Waals surface area (Å²) in [5, 5.41) is 0. The fourth-order valence-electron chi connectivity index (χ4n) is 3.63. The van der Waals surface area contributed by atoms with Crippen LogP contribution in [0.3, 0.4) is 0 Å². The van der Waals surface area contributed by atoms with E-state index in [-0.39, 0.29) is 23.8 Å². The summed E-state index contributed by atoms with van der Waals surface area (Å²) >= 11 is 0. The second-order valence-corrected chi connectivity index (χ2v) is 8.01. The van der Waals surface area contributed by atoms with Gasteiger partial charge in [0.15, 0.2) is 0 Å². The second kappa shape index (κ2) is 7.55. The van der Waals surface area contributed by atoms with Crippen molar-refractivity contribution in [3.8, 4) is 0 Å². The van der Waals surface area contributed by atoms with Crippen LogP contribution < -0.4 is 0 Å². The molecule has 4 atom stereocenters. The SMILES string of the molecule is CC(=O)C1(C)CC(C)C(C)C(OC(=O)/C=C/c2ccc(C)c(C)c2)C1. The van der Waals surface area contributed by atoms with Crippen molar-refractivity contribution in [2.24, 2.45) is 17.3 Å². The predicted octanol–water partition coefficient (Wildman–Crippen LogP) is 4.89. The smallest absolute Gasteiger partial charge is 0.331 e. The van der Waals surface area contributed by atoms with Crippen LogP contribution in [-0.4, -0.2) is 17.9 Å². The fourth-order valence-corrected chi connectivity index (χ4v) is 3.63. The van der Waals surface area contributed by atoms with Crippen LogP contribution in [-0.2, 0) is 14.3 Å². The van der Waals surface area contributed by atoms with Crippen molar-refractivity contribution in [1.82, 2.24) is 0 Å². The van der Waals surface area contributed by atoms with Crippen LogP contribution in [0.2, 0.25) is 0 Å². The number of benzene rings is 1. The Morgan fingerprint density at radius 1 is 1.16 bits per heavy atom. The van der Waals surface area contributed by atoms with Gasteiger partial charge in [-0.05, 0) is 68.2 Å². The summed E-state index contributed by atoms with van der Waals surface area (Å²) < 4.78 is 5.72. The Kier molecular flexibility index (Phi) is 5.87. The van der Waals surface area contributed by atoms with E-state index in [1.807, 2.05) is 19.1 Å². The van der Waals surface area contributed by atoms with E-state index in [0.29, 0.717) is 12.3 Å². The van der Waals surface area contributed by atoms with Crippen molar-refractivity contribution < 1.29 is 14.3 Å². The first kappa shape index (κ1) is 19.4. The topological polar surface area (TPSA) is 43.4 Å². The Hall–Kier alpha value is -1.90. The van der Waals surface area contributed by atoms with Gasteiger partial charge in [-0.25, -0.2) is 4.79 Å². The summed E-state index contributed by atoms with van der Waals surface area (Å²) in [6.07, 6.45) is 4.53. The molecule has 25 heavy (non-hydrogen) atoms. The molecule has 1 aromatic carbocycles. The number of hydrogen-bond donors (Lipinski definition) is 0. The zero-order valence-corrected chi connectivity index (χ0v) is 16.3. The maximum atomic E-state index is 12.3. The van der Waals surface area contributed by atoms with Crippen LogP contribution in [0.5, 0.6) is 0 Å². The Morgan fingerprint density at radius 2 is 1.84 bits per heavy atom. The molecule has 0 aliphatic heterocycles. The molecular formula is C22H30O3. The molecule has 0 radical (unpaired) electrons. The standard InChI is InChI=1S/C22H30O3/c1-14-7-8-19(11-15(14)2)9-10-21(24)25-20-13-22(6,18(5)23)12-16(3)17(20)4/h7-11,16-17,20H,12-13H2,1-6H3/b10-9+. The molecule has 1 aliphatic rings. The van der Waals surface area contributed by atoms with E-state index in [1.54, 1.807) is 13.0 Å². The molecule has 0 aromatic heterocycles. The van der Waals surface area contributed by atoms with Crippen LogP contribution >= 0.6 is 0 Å². The molecule has 2 rings (SSSR count). The highest BCUT2D eigenvalue weighted by molar-refractivity contribution is 5.87. The van der Waals surface area contributed by atoms with E-state index in [9.17, 15) is 9.59 Å². The number of esters is 1. The van der Waals surface area contributed by atoms with Crippen molar-refractivity contribution in [3.63, 3.8) is 0 Å². The first-order valence-electron chi connectivity index (χ1n) is 9.09. The van der Waals surface area contributed by atoms with Gasteiger partial charge in [0, 0.05) is 11.5 Å². The third-order valence-electron chi connectivity index (χ3n) is 5.97. The second-order valence-electron chi connectivity index (χ2n) is 8.01. The minimum atomic E-state index is -0.394. The third-order valence-corrected chi connectivity index (χ3v) is 5.97.